The van der Waals surface area contributed by atoms with Crippen molar-refractivity contribution in [3.63, 3.8) is 0 Å². The van der Waals surface area contributed by atoms with Crippen LogP contribution in [0.1, 0.15) is 32.6 Å². The van der Waals surface area contributed by atoms with Gasteiger partial charge in [-0.15, -0.1) is 0 Å². The maximum atomic E-state index is 5.96. The van der Waals surface area contributed by atoms with Crippen LogP contribution in [0.2, 0.25) is 0 Å². The van der Waals surface area contributed by atoms with E-state index in [1.807, 2.05) is 18.2 Å². The first-order valence-corrected chi connectivity index (χ1v) is 6.94. The molecular formula is C13H18INO. The third kappa shape index (κ3) is 3.03. The second-order valence-corrected chi connectivity index (χ2v) is 5.93. The predicted molar refractivity (Wildman–Crippen MR) is 75.6 cm³/mol. The topological polar surface area (TPSA) is 35.2 Å². The molecule has 0 saturated heterocycles. The van der Waals surface area contributed by atoms with E-state index in [0.29, 0.717) is 6.10 Å². The van der Waals surface area contributed by atoms with Crippen LogP contribution < -0.4 is 10.5 Å². The molecule has 0 atom stereocenters. The molecule has 0 aliphatic heterocycles. The molecule has 0 spiro atoms. The fourth-order valence-corrected chi connectivity index (χ4v) is 2.67. The van der Waals surface area contributed by atoms with Gasteiger partial charge in [0.05, 0.1) is 11.8 Å². The maximum Gasteiger partial charge on any atom is 0.142 e. The number of nitrogens with two attached hydrogens (primary N) is 1. The first-order chi connectivity index (χ1) is 7.65. The van der Waals surface area contributed by atoms with Gasteiger partial charge in [-0.05, 0) is 72.4 Å². The SMILES string of the molecule is CC1CCC(Oc2ccc(I)cc2N)CC1. The van der Waals surface area contributed by atoms with Crippen LogP contribution in [0.4, 0.5) is 5.69 Å². The lowest BCUT2D eigenvalue weighted by Crippen LogP contribution is -2.23. The Kier molecular flexibility index (Phi) is 3.95. The summed E-state index contributed by atoms with van der Waals surface area (Å²) in [4.78, 5) is 0. The van der Waals surface area contributed by atoms with Gasteiger partial charge in [-0.25, -0.2) is 0 Å². The number of hydrogen-bond donors (Lipinski definition) is 1. The molecule has 1 fully saturated rings. The molecule has 1 saturated carbocycles. The first-order valence-electron chi connectivity index (χ1n) is 5.87. The Labute approximate surface area is 111 Å². The molecule has 1 aromatic carbocycles. The van der Waals surface area contributed by atoms with Gasteiger partial charge in [-0.1, -0.05) is 6.92 Å². The van der Waals surface area contributed by atoms with Crippen molar-refractivity contribution in [3.8, 4) is 5.75 Å². The molecule has 0 amide bonds. The van der Waals surface area contributed by atoms with Crippen molar-refractivity contribution in [2.24, 2.45) is 5.92 Å². The van der Waals surface area contributed by atoms with E-state index in [1.165, 1.54) is 12.8 Å². The van der Waals surface area contributed by atoms with Gasteiger partial charge in [0.2, 0.25) is 0 Å². The number of benzene rings is 1. The van der Waals surface area contributed by atoms with E-state index in [1.54, 1.807) is 0 Å². The van der Waals surface area contributed by atoms with Crippen molar-refractivity contribution >= 4 is 28.3 Å². The lowest BCUT2D eigenvalue weighted by molar-refractivity contribution is 0.136. The Hall–Kier alpha value is -0.450. The predicted octanol–water partition coefficient (Wildman–Crippen LogP) is 3.83. The molecular weight excluding hydrogens is 313 g/mol. The summed E-state index contributed by atoms with van der Waals surface area (Å²) in [6, 6.07) is 5.98. The molecule has 1 aromatic rings. The van der Waals surface area contributed by atoms with E-state index in [4.69, 9.17) is 10.5 Å². The highest BCUT2D eigenvalue weighted by atomic mass is 127. The van der Waals surface area contributed by atoms with Crippen molar-refractivity contribution in [1.29, 1.82) is 0 Å². The number of anilines is 1. The minimum atomic E-state index is 0.360. The average Bonchev–Trinajstić information content (AvgIpc) is 2.25. The van der Waals surface area contributed by atoms with Gasteiger partial charge in [-0.3, -0.25) is 0 Å². The van der Waals surface area contributed by atoms with Crippen LogP contribution in [0.3, 0.4) is 0 Å². The van der Waals surface area contributed by atoms with Crippen LogP contribution in [0.5, 0.6) is 5.75 Å². The molecule has 2 nitrogen and oxygen atoms in total. The maximum absolute atomic E-state index is 5.96. The summed E-state index contributed by atoms with van der Waals surface area (Å²) in [6.45, 7) is 2.31. The number of rotatable bonds is 2. The first kappa shape index (κ1) is 12.0. The normalized spacial score (nSPS) is 25.4. The smallest absolute Gasteiger partial charge is 0.142 e. The molecule has 0 heterocycles. The molecule has 0 unspecified atom stereocenters. The summed E-state index contributed by atoms with van der Waals surface area (Å²) in [7, 11) is 0. The van der Waals surface area contributed by atoms with Gasteiger partial charge in [0.25, 0.3) is 0 Å². The summed E-state index contributed by atoms with van der Waals surface area (Å²) in [5, 5.41) is 0. The molecule has 16 heavy (non-hydrogen) atoms. The zero-order valence-corrected chi connectivity index (χ0v) is 11.7. The summed E-state index contributed by atoms with van der Waals surface area (Å²) < 4.78 is 7.11. The highest BCUT2D eigenvalue weighted by molar-refractivity contribution is 14.1. The monoisotopic (exact) mass is 331 g/mol. The fourth-order valence-electron chi connectivity index (χ4n) is 2.15. The van der Waals surface area contributed by atoms with Crippen LogP contribution in [-0.2, 0) is 0 Å². The third-order valence-corrected chi connectivity index (χ3v) is 3.90. The molecule has 2 N–H and O–H groups in total. The quantitative estimate of drug-likeness (QED) is 0.660. The number of ether oxygens (including phenoxy) is 1. The van der Waals surface area contributed by atoms with E-state index in [0.717, 1.165) is 33.8 Å². The zero-order valence-electron chi connectivity index (χ0n) is 9.58. The van der Waals surface area contributed by atoms with Crippen molar-refractivity contribution in [3.05, 3.63) is 21.8 Å². The van der Waals surface area contributed by atoms with E-state index in [9.17, 15) is 0 Å². The van der Waals surface area contributed by atoms with Crippen molar-refractivity contribution in [2.45, 2.75) is 38.7 Å². The number of nitrogen functional groups attached to an aromatic ring is 1. The molecule has 0 aromatic heterocycles. The van der Waals surface area contributed by atoms with Crippen LogP contribution in [0.25, 0.3) is 0 Å². The molecule has 0 radical (unpaired) electrons. The molecule has 88 valence electrons. The Morgan fingerprint density at radius 3 is 2.56 bits per heavy atom. The lowest BCUT2D eigenvalue weighted by Gasteiger charge is -2.27. The van der Waals surface area contributed by atoms with Crippen LogP contribution in [-0.4, -0.2) is 6.10 Å². The summed E-state index contributed by atoms with van der Waals surface area (Å²) >= 11 is 2.26. The largest absolute Gasteiger partial charge is 0.488 e. The van der Waals surface area contributed by atoms with Gasteiger partial charge >= 0.3 is 0 Å². The van der Waals surface area contributed by atoms with Gasteiger partial charge < -0.3 is 10.5 Å². The minimum Gasteiger partial charge on any atom is -0.488 e. The van der Waals surface area contributed by atoms with Crippen LogP contribution in [0, 0.1) is 9.49 Å². The van der Waals surface area contributed by atoms with E-state index < -0.39 is 0 Å². The Morgan fingerprint density at radius 1 is 1.25 bits per heavy atom. The van der Waals surface area contributed by atoms with Crippen molar-refractivity contribution in [1.82, 2.24) is 0 Å². The van der Waals surface area contributed by atoms with Gasteiger partial charge in [0.15, 0.2) is 0 Å². The number of halogens is 1. The molecule has 0 bridgehead atoms. The molecule has 1 aliphatic rings. The van der Waals surface area contributed by atoms with Gasteiger partial charge in [0, 0.05) is 3.57 Å². The molecule has 1 aliphatic carbocycles. The van der Waals surface area contributed by atoms with E-state index >= 15 is 0 Å². The van der Waals surface area contributed by atoms with Crippen molar-refractivity contribution < 1.29 is 4.74 Å². The summed E-state index contributed by atoms with van der Waals surface area (Å²) in [5.74, 6) is 1.70. The standard InChI is InChI=1S/C13H18INO/c1-9-2-5-11(6-3-9)16-13-7-4-10(14)8-12(13)15/h4,7-9,11H,2-3,5-6,15H2,1H3. The average molecular weight is 331 g/mol. The molecule has 2 rings (SSSR count). The van der Waals surface area contributed by atoms with E-state index in [-0.39, 0.29) is 0 Å². The van der Waals surface area contributed by atoms with Gasteiger partial charge in [-0.2, -0.15) is 0 Å². The van der Waals surface area contributed by atoms with Gasteiger partial charge in [0.1, 0.15) is 5.75 Å². The Bertz CT molecular complexity index is 359. The fraction of sp³-hybridized carbons (Fsp3) is 0.538. The lowest BCUT2D eigenvalue weighted by atomic mass is 9.89. The highest BCUT2D eigenvalue weighted by Gasteiger charge is 2.20. The third-order valence-electron chi connectivity index (χ3n) is 3.23. The second kappa shape index (κ2) is 5.25. The van der Waals surface area contributed by atoms with Crippen LogP contribution in [0.15, 0.2) is 18.2 Å². The van der Waals surface area contributed by atoms with E-state index in [2.05, 4.69) is 29.5 Å². The van der Waals surface area contributed by atoms with Crippen molar-refractivity contribution in [2.75, 3.05) is 5.73 Å². The minimum absolute atomic E-state index is 0.360. The molecule has 3 heteroatoms. The zero-order chi connectivity index (χ0) is 11.5. The Balaban J connectivity index is 1.98. The van der Waals surface area contributed by atoms with Crippen LogP contribution >= 0.6 is 22.6 Å². The number of hydrogen-bond acceptors (Lipinski definition) is 2. The summed E-state index contributed by atoms with van der Waals surface area (Å²) in [6.07, 6.45) is 5.22. The second-order valence-electron chi connectivity index (χ2n) is 4.68. The highest BCUT2D eigenvalue weighted by Crippen LogP contribution is 2.30. The summed E-state index contributed by atoms with van der Waals surface area (Å²) in [5.41, 5.74) is 6.69. The Morgan fingerprint density at radius 2 is 1.94 bits per heavy atom.